The minimum absolute atomic E-state index is 0.396. The average molecular weight is 130 g/mol. The van der Waals surface area contributed by atoms with Gasteiger partial charge in [-0.05, 0) is 0 Å². The van der Waals surface area contributed by atoms with Crippen molar-refractivity contribution in [2.75, 3.05) is 0 Å². The summed E-state index contributed by atoms with van der Waals surface area (Å²) in [5, 5.41) is 11.0. The lowest BCUT2D eigenvalue weighted by Crippen LogP contribution is -2.13. The van der Waals surface area contributed by atoms with E-state index in [1.807, 2.05) is 5.43 Å². The first-order valence-corrected chi connectivity index (χ1v) is 2.15. The highest BCUT2D eigenvalue weighted by molar-refractivity contribution is 6.22. The van der Waals surface area contributed by atoms with E-state index in [4.69, 9.17) is 5.11 Å². The topological polar surface area (TPSA) is 78.8 Å². The first-order chi connectivity index (χ1) is 4.13. The molecule has 0 aliphatic carbocycles. The Kier molecular flexibility index (Phi) is 3.04. The molecule has 0 aromatic heterocycles. The molecule has 2 N–H and O–H groups in total. The Labute approximate surface area is 51.4 Å². The molecule has 9 heavy (non-hydrogen) atoms. The van der Waals surface area contributed by atoms with E-state index >= 15 is 0 Å². The number of aliphatic carboxylic acids is 1. The van der Waals surface area contributed by atoms with Crippen molar-refractivity contribution in [1.29, 1.82) is 0 Å². The van der Waals surface area contributed by atoms with Crippen molar-refractivity contribution in [3.05, 3.63) is 0 Å². The highest BCUT2D eigenvalue weighted by Gasteiger charge is 1.86. The van der Waals surface area contributed by atoms with Crippen LogP contribution in [0.1, 0.15) is 6.92 Å². The van der Waals surface area contributed by atoms with Gasteiger partial charge in [-0.2, -0.15) is 5.10 Å². The summed E-state index contributed by atoms with van der Waals surface area (Å²) in [5.74, 6) is -1.59. The lowest BCUT2D eigenvalue weighted by molar-refractivity contribution is -0.128. The Morgan fingerprint density at radius 3 is 2.56 bits per heavy atom. The number of hydrogen-bond acceptors (Lipinski definition) is 3. The van der Waals surface area contributed by atoms with Crippen LogP contribution in [0.2, 0.25) is 0 Å². The Bertz CT molecular complexity index is 152. The molecule has 0 radical (unpaired) electrons. The molecule has 0 fully saturated rings. The van der Waals surface area contributed by atoms with Crippen LogP contribution in [-0.2, 0) is 9.59 Å². The van der Waals surface area contributed by atoms with Gasteiger partial charge in [-0.1, -0.05) is 0 Å². The second-order valence-electron chi connectivity index (χ2n) is 1.26. The molecule has 0 aromatic carbocycles. The Hall–Kier alpha value is -1.39. The number of carbonyl (C=O) groups is 2. The summed E-state index contributed by atoms with van der Waals surface area (Å²) in [6, 6.07) is 0. The summed E-state index contributed by atoms with van der Waals surface area (Å²) >= 11 is 0. The quantitative estimate of drug-likeness (QED) is 0.379. The number of nitrogens with zero attached hydrogens (tertiary/aromatic N) is 1. The summed E-state index contributed by atoms with van der Waals surface area (Å²) in [5.41, 5.74) is 1.93. The first kappa shape index (κ1) is 7.61. The third kappa shape index (κ3) is 6.61. The molecule has 0 bridgehead atoms. The summed E-state index contributed by atoms with van der Waals surface area (Å²) in [7, 11) is 0. The number of carboxylic acid groups (broad SMARTS) is 1. The standard InChI is InChI=1S/C4H6N2O3/c1-3(7)6-5-2-4(8)9/h2H,1H3,(H,6,7)(H,8,9)/b5-2+. The third-order valence-electron chi connectivity index (χ3n) is 0.397. The van der Waals surface area contributed by atoms with Crippen LogP contribution >= 0.6 is 0 Å². The Morgan fingerprint density at radius 1 is 1.67 bits per heavy atom. The average Bonchev–Trinajstić information content (AvgIpc) is 1.63. The van der Waals surface area contributed by atoms with Crippen molar-refractivity contribution in [3.8, 4) is 0 Å². The molecule has 0 heterocycles. The maximum Gasteiger partial charge on any atom is 0.348 e. The van der Waals surface area contributed by atoms with Crippen LogP contribution in [0.4, 0.5) is 0 Å². The minimum Gasteiger partial charge on any atom is -0.477 e. The molecule has 0 aromatic rings. The smallest absolute Gasteiger partial charge is 0.348 e. The van der Waals surface area contributed by atoms with E-state index in [1.54, 1.807) is 0 Å². The number of amides is 1. The highest BCUT2D eigenvalue weighted by Crippen LogP contribution is 1.59. The summed E-state index contributed by atoms with van der Waals surface area (Å²) in [6.07, 6.45) is 0.599. The molecule has 0 aliphatic heterocycles. The van der Waals surface area contributed by atoms with Gasteiger partial charge >= 0.3 is 5.97 Å². The van der Waals surface area contributed by atoms with E-state index in [1.165, 1.54) is 6.92 Å². The molecule has 0 saturated heterocycles. The van der Waals surface area contributed by atoms with Crippen molar-refractivity contribution in [1.82, 2.24) is 5.43 Å². The number of carboxylic acids is 1. The van der Waals surface area contributed by atoms with Crippen LogP contribution in [0.3, 0.4) is 0 Å². The SMILES string of the molecule is CC(=O)N/N=C/C(=O)O. The van der Waals surface area contributed by atoms with E-state index in [9.17, 15) is 9.59 Å². The minimum atomic E-state index is -1.19. The molecule has 5 heteroatoms. The van der Waals surface area contributed by atoms with Gasteiger partial charge in [0.2, 0.25) is 5.91 Å². The van der Waals surface area contributed by atoms with Gasteiger partial charge in [-0.25, -0.2) is 10.2 Å². The van der Waals surface area contributed by atoms with Crippen LogP contribution in [0.5, 0.6) is 0 Å². The summed E-state index contributed by atoms with van der Waals surface area (Å²) in [6.45, 7) is 1.24. The van der Waals surface area contributed by atoms with Gasteiger partial charge in [0.15, 0.2) is 0 Å². The van der Waals surface area contributed by atoms with E-state index in [-0.39, 0.29) is 0 Å². The second-order valence-corrected chi connectivity index (χ2v) is 1.26. The fourth-order valence-corrected chi connectivity index (χ4v) is 0.178. The molecular weight excluding hydrogens is 124 g/mol. The van der Waals surface area contributed by atoms with Gasteiger partial charge < -0.3 is 5.11 Å². The molecule has 50 valence electrons. The van der Waals surface area contributed by atoms with Gasteiger partial charge in [-0.3, -0.25) is 4.79 Å². The molecular formula is C4H6N2O3. The Morgan fingerprint density at radius 2 is 2.22 bits per heavy atom. The molecule has 0 unspecified atom stereocenters. The highest BCUT2D eigenvalue weighted by atomic mass is 16.4. The molecule has 0 saturated carbocycles. The van der Waals surface area contributed by atoms with Crippen LogP contribution < -0.4 is 5.43 Å². The monoisotopic (exact) mass is 130 g/mol. The number of hydrogen-bond donors (Lipinski definition) is 2. The number of nitrogens with one attached hydrogen (secondary N) is 1. The molecule has 5 nitrogen and oxygen atoms in total. The van der Waals surface area contributed by atoms with Gasteiger partial charge in [0.05, 0.1) is 0 Å². The molecule has 0 atom stereocenters. The van der Waals surface area contributed by atoms with Crippen molar-refractivity contribution in [2.24, 2.45) is 5.10 Å². The largest absolute Gasteiger partial charge is 0.477 e. The van der Waals surface area contributed by atoms with Crippen LogP contribution in [0.15, 0.2) is 5.10 Å². The zero-order valence-corrected chi connectivity index (χ0v) is 4.79. The van der Waals surface area contributed by atoms with E-state index in [0.29, 0.717) is 6.21 Å². The first-order valence-electron chi connectivity index (χ1n) is 2.15. The van der Waals surface area contributed by atoms with Crippen LogP contribution in [-0.4, -0.2) is 23.2 Å². The normalized spacial score (nSPS) is 9.44. The fraction of sp³-hybridized carbons (Fsp3) is 0.250. The van der Waals surface area contributed by atoms with Crippen LogP contribution in [0, 0.1) is 0 Å². The van der Waals surface area contributed by atoms with Crippen molar-refractivity contribution < 1.29 is 14.7 Å². The fourth-order valence-electron chi connectivity index (χ4n) is 0.178. The van der Waals surface area contributed by atoms with Gasteiger partial charge in [0.1, 0.15) is 6.21 Å². The third-order valence-corrected chi connectivity index (χ3v) is 0.397. The molecule has 1 amide bonds. The van der Waals surface area contributed by atoms with E-state index in [0.717, 1.165) is 0 Å². The van der Waals surface area contributed by atoms with Gasteiger partial charge in [-0.15, -0.1) is 0 Å². The predicted octanol–water partition coefficient (Wildman–Crippen LogP) is -0.807. The van der Waals surface area contributed by atoms with Crippen LogP contribution in [0.25, 0.3) is 0 Å². The molecule has 0 spiro atoms. The van der Waals surface area contributed by atoms with Gasteiger partial charge in [0.25, 0.3) is 0 Å². The van der Waals surface area contributed by atoms with Gasteiger partial charge in [0, 0.05) is 6.92 Å². The van der Waals surface area contributed by atoms with E-state index in [2.05, 4.69) is 5.10 Å². The number of hydrazone groups is 1. The van der Waals surface area contributed by atoms with E-state index < -0.39 is 11.9 Å². The lowest BCUT2D eigenvalue weighted by Gasteiger charge is -1.86. The van der Waals surface area contributed by atoms with Crippen molar-refractivity contribution in [3.63, 3.8) is 0 Å². The summed E-state index contributed by atoms with van der Waals surface area (Å²) < 4.78 is 0. The lowest BCUT2D eigenvalue weighted by atomic mass is 10.7. The summed E-state index contributed by atoms with van der Waals surface area (Å²) in [4.78, 5) is 19.7. The van der Waals surface area contributed by atoms with Crippen molar-refractivity contribution in [2.45, 2.75) is 6.92 Å². The Balaban J connectivity index is 3.48. The number of rotatable bonds is 2. The molecule has 0 rings (SSSR count). The zero-order valence-electron chi connectivity index (χ0n) is 4.79. The van der Waals surface area contributed by atoms with Crippen molar-refractivity contribution >= 4 is 18.1 Å². The number of carbonyl (C=O) groups excluding carboxylic acids is 1. The second kappa shape index (κ2) is 3.59. The maximum absolute atomic E-state index is 10.0. The molecule has 0 aliphatic rings. The predicted molar refractivity (Wildman–Crippen MR) is 29.9 cm³/mol. The maximum atomic E-state index is 10.0. The zero-order chi connectivity index (χ0) is 7.28.